The van der Waals surface area contributed by atoms with Crippen molar-refractivity contribution in [3.05, 3.63) is 271 Å². The van der Waals surface area contributed by atoms with Crippen LogP contribution in [0.2, 0.25) is 20.1 Å². The molecule has 10 aromatic rings. The van der Waals surface area contributed by atoms with Gasteiger partial charge in [0.15, 0.2) is 28.9 Å². The number of pyridine rings is 4. The fourth-order valence-corrected chi connectivity index (χ4v) is 15.1. The molecular weight excluding hydrogens is 1940 g/mol. The standard InChI is InChI=1S/C31H34ClNO7.C27H36ClNO6.C23H28ClNO6.C21H24ClNO5.C7H7NO2/c1-6-26(34)22-12-11-21(32)16-23(22)24-17-29(36)33(18-28(24)39-5)25(13-14-40-31(2,3)4)27(35)15-19-7-9-20(10-8-19)30(37)38;1-9-22(30)18-11-10-17(28)14-19(18)20-15-24(31)29(16-23(20)33-8)21(12-13-34-26(2,3)4)25(32)35-27(5,6)7;1-6-19(26)15-8-7-14(24)11-16(15)17-12-21(27)25(13-20(17)30-5)18(22(28)29)9-10-31-23(2,3)4;1-6-17(24)14-8-7-13(22)9-15(14)16-10-19(25)23(11-18(16)27-5)12-20(26)28-21(2,3)4;8-6-3-1-5(2-4-6)7(9)10/h7-12,16-18,25H,6,13-15H2,1-5H3,(H,37,38);10-11,14-16,21H,9,12-13H2,1-8H3;7-8,11-13,18H,6,9-10H2,1-5H3,(H,28,29);7-11H,6,12H2,1-5H3;1-4H,8H2,(H,9,10). The number of esters is 2. The minimum atomic E-state index is -1.15. The van der Waals surface area contributed by atoms with Crippen molar-refractivity contribution in [2.24, 2.45) is 0 Å². The summed E-state index contributed by atoms with van der Waals surface area (Å²) in [6, 6.07) is 34.0. The van der Waals surface area contributed by atoms with E-state index in [-0.39, 0.29) is 111 Å². The predicted molar refractivity (Wildman–Crippen MR) is 557 cm³/mol. The minimum absolute atomic E-state index is 0.0139. The van der Waals surface area contributed by atoms with Gasteiger partial charge < -0.3 is 72.8 Å². The molecule has 774 valence electrons. The molecule has 0 radical (unpaired) electrons. The maximum absolute atomic E-state index is 13.6. The van der Waals surface area contributed by atoms with Crippen LogP contribution < -0.4 is 46.9 Å². The Hall–Kier alpha value is -13.1. The number of aromatic nitrogens is 4. The average molecular weight is 2070 g/mol. The zero-order valence-corrected chi connectivity index (χ0v) is 88.5. The number of aliphatic carboxylic acids is 1. The Bertz CT molecular complexity index is 6520. The normalized spacial score (nSPS) is 12.0. The van der Waals surface area contributed by atoms with E-state index >= 15 is 0 Å². The van der Waals surface area contributed by atoms with Crippen molar-refractivity contribution >= 4 is 111 Å². The highest BCUT2D eigenvalue weighted by Gasteiger charge is 2.33. The number of benzene rings is 6. The largest absolute Gasteiger partial charge is 0.495 e. The van der Waals surface area contributed by atoms with Gasteiger partial charge in [0.25, 0.3) is 22.2 Å². The molecule has 144 heavy (non-hydrogen) atoms. The first-order chi connectivity index (χ1) is 67.2. The van der Waals surface area contributed by atoms with Gasteiger partial charge in [0, 0.05) is 159 Å². The first-order valence-electron chi connectivity index (χ1n) is 46.3. The quantitative estimate of drug-likeness (QED) is 0.0160. The lowest BCUT2D eigenvalue weighted by atomic mass is 9.95. The molecule has 0 spiro atoms. The Kier molecular flexibility index (Phi) is 44.4. The first kappa shape index (κ1) is 120. The molecule has 0 aliphatic heterocycles. The molecule has 0 aliphatic rings. The van der Waals surface area contributed by atoms with Gasteiger partial charge in [0.05, 0.1) is 87.2 Å². The van der Waals surface area contributed by atoms with E-state index in [4.69, 9.17) is 105 Å². The van der Waals surface area contributed by atoms with Crippen LogP contribution in [0.25, 0.3) is 44.5 Å². The lowest BCUT2D eigenvalue weighted by Crippen LogP contribution is -2.36. The molecule has 10 rings (SSSR count). The Labute approximate surface area is 857 Å². The summed E-state index contributed by atoms with van der Waals surface area (Å²) in [6.45, 7) is 35.0. The van der Waals surface area contributed by atoms with Crippen LogP contribution in [0.1, 0.15) is 262 Å². The van der Waals surface area contributed by atoms with E-state index in [1.807, 2.05) is 62.3 Å². The maximum Gasteiger partial charge on any atom is 0.335 e. The number of nitrogen functional groups attached to an aromatic ring is 1. The zero-order chi connectivity index (χ0) is 108. The van der Waals surface area contributed by atoms with Gasteiger partial charge in [-0.25, -0.2) is 19.2 Å². The molecule has 0 aliphatic carbocycles. The number of nitrogens with zero attached hydrogens (tertiary/aromatic N) is 4. The van der Waals surface area contributed by atoms with Crippen LogP contribution in [-0.4, -0.2) is 169 Å². The summed E-state index contributed by atoms with van der Waals surface area (Å²) in [6.07, 6.45) is 7.44. The highest BCUT2D eigenvalue weighted by molar-refractivity contribution is 6.32. The fourth-order valence-electron chi connectivity index (χ4n) is 14.4. The number of carboxylic acid groups (broad SMARTS) is 3. The molecule has 5 N–H and O–H groups in total. The molecule has 0 amide bonds. The molecule has 3 unspecified atom stereocenters. The number of halogens is 4. The smallest absolute Gasteiger partial charge is 0.335 e. The second kappa shape index (κ2) is 53.4. The van der Waals surface area contributed by atoms with Crippen molar-refractivity contribution in [3.8, 4) is 67.5 Å². The van der Waals surface area contributed by atoms with Crippen LogP contribution in [0.4, 0.5) is 5.69 Å². The Morgan fingerprint density at radius 1 is 0.347 bits per heavy atom. The number of nitrogens with two attached hydrogens (primary N) is 1. The fraction of sp³-hybridized carbons (Fsp3) is 0.394. The number of methoxy groups -OCH3 is 4. The lowest BCUT2D eigenvalue weighted by molar-refractivity contribution is -0.160. The van der Waals surface area contributed by atoms with Crippen molar-refractivity contribution in [3.63, 3.8) is 0 Å². The van der Waals surface area contributed by atoms with Gasteiger partial charge >= 0.3 is 29.8 Å². The number of ketones is 5. The van der Waals surface area contributed by atoms with Gasteiger partial charge in [-0.15, -0.1) is 0 Å². The number of hydrogen-bond acceptors (Lipinski definition) is 24. The molecule has 0 saturated carbocycles. The topological polar surface area (TPSA) is 428 Å². The van der Waals surface area contributed by atoms with Gasteiger partial charge in [-0.2, -0.15) is 0 Å². The third-order valence-corrected chi connectivity index (χ3v) is 22.2. The second-order valence-electron chi connectivity index (χ2n) is 37.9. The van der Waals surface area contributed by atoms with Crippen LogP contribution in [-0.2, 0) is 55.8 Å². The molecule has 4 heterocycles. The number of aromatic carboxylic acids is 2. The number of carbonyl (C=O) groups is 10. The summed E-state index contributed by atoms with van der Waals surface area (Å²) in [4.78, 5) is 174. The number of carbonyl (C=O) groups excluding carboxylic acids is 7. The number of hydrogen-bond donors (Lipinski definition) is 4. The number of ether oxygens (including phenoxy) is 9. The maximum atomic E-state index is 13.6. The van der Waals surface area contributed by atoms with E-state index in [2.05, 4.69) is 0 Å². The molecule has 3 atom stereocenters. The molecule has 6 aromatic carbocycles. The van der Waals surface area contributed by atoms with E-state index < -0.39 is 98.2 Å². The van der Waals surface area contributed by atoms with Crippen LogP contribution in [0, 0.1) is 0 Å². The van der Waals surface area contributed by atoms with Gasteiger partial charge in [0.1, 0.15) is 52.8 Å². The van der Waals surface area contributed by atoms with Crippen molar-refractivity contribution < 1.29 is 106 Å². The molecule has 0 fully saturated rings. The number of rotatable bonds is 37. The molecule has 31 nitrogen and oxygen atoms in total. The van der Waals surface area contributed by atoms with E-state index in [0.29, 0.717) is 128 Å². The summed E-state index contributed by atoms with van der Waals surface area (Å²) >= 11 is 24.7. The SMILES string of the molecule is CCC(=O)c1ccc(Cl)cc1-c1cc(=O)n(C(CCOC(C)(C)C)C(=O)Cc2ccc(C(=O)O)cc2)cc1OC.CCC(=O)c1ccc(Cl)cc1-c1cc(=O)n(C(CCOC(C)(C)C)C(=O)O)cc1OC.CCC(=O)c1ccc(Cl)cc1-c1cc(=O)n(C(CCOC(C)(C)C)C(=O)OC(C)(C)C)cc1OC.CCC(=O)c1ccc(Cl)cc1-c1cc(=O)n(CC(=O)OC(C)(C)C)cc1OC.Nc1ccc(C(=O)O)cc1. The zero-order valence-electron chi connectivity index (χ0n) is 85.5. The summed E-state index contributed by atoms with van der Waals surface area (Å²) < 4.78 is 55.2. The van der Waals surface area contributed by atoms with Crippen molar-refractivity contribution in [1.82, 2.24) is 18.3 Å². The van der Waals surface area contributed by atoms with E-state index in [1.165, 1.54) is 115 Å². The Morgan fingerprint density at radius 2 is 0.632 bits per heavy atom. The highest BCUT2D eigenvalue weighted by Crippen LogP contribution is 2.41. The Balaban J connectivity index is 0.000000286. The lowest BCUT2D eigenvalue weighted by Gasteiger charge is -2.27. The second-order valence-corrected chi connectivity index (χ2v) is 39.7. The van der Waals surface area contributed by atoms with E-state index in [0.717, 1.165) is 4.57 Å². The van der Waals surface area contributed by atoms with Crippen molar-refractivity contribution in [2.75, 3.05) is 54.0 Å². The molecule has 0 bridgehead atoms. The van der Waals surface area contributed by atoms with Crippen molar-refractivity contribution in [2.45, 2.75) is 236 Å². The van der Waals surface area contributed by atoms with Gasteiger partial charge in [-0.1, -0.05) is 86.2 Å². The van der Waals surface area contributed by atoms with Crippen LogP contribution in [0.5, 0.6) is 23.0 Å². The summed E-state index contributed by atoms with van der Waals surface area (Å²) in [5, 5.41) is 28.9. The molecule has 4 aromatic heterocycles. The molecular formula is C109H129Cl4N5O26. The first-order valence-corrected chi connectivity index (χ1v) is 47.8. The predicted octanol–water partition coefficient (Wildman–Crippen LogP) is 21.6. The van der Waals surface area contributed by atoms with Gasteiger partial charge in [-0.3, -0.25) is 57.1 Å². The number of Topliss-reactive ketones (excluding diaryl/α,β-unsaturated/α-hetero) is 5. The van der Waals surface area contributed by atoms with E-state index in [9.17, 15) is 72.2 Å². The van der Waals surface area contributed by atoms with Gasteiger partial charge in [-0.05, 0) is 247 Å². The Morgan fingerprint density at radius 3 is 0.924 bits per heavy atom. The highest BCUT2D eigenvalue weighted by atomic mass is 35.5. The number of anilines is 1. The average Bonchev–Trinajstić information content (AvgIpc) is 1.05. The molecule has 35 heteroatoms. The van der Waals surface area contributed by atoms with E-state index in [1.54, 1.807) is 166 Å². The monoisotopic (exact) mass is 2060 g/mol. The van der Waals surface area contributed by atoms with Crippen molar-refractivity contribution in [1.29, 1.82) is 0 Å². The summed E-state index contributed by atoms with van der Waals surface area (Å²) in [5.41, 5.74) is 7.68. The minimum Gasteiger partial charge on any atom is -0.495 e. The summed E-state index contributed by atoms with van der Waals surface area (Å²) in [5.74, 6) is -3.63. The van der Waals surface area contributed by atoms with Crippen LogP contribution in [0.3, 0.4) is 0 Å². The third kappa shape index (κ3) is 36.0. The van der Waals surface area contributed by atoms with Gasteiger partial charge in [0.2, 0.25) is 0 Å². The van der Waals surface area contributed by atoms with Crippen LogP contribution in [0.15, 0.2) is 190 Å². The summed E-state index contributed by atoms with van der Waals surface area (Å²) in [7, 11) is 5.78. The molecule has 0 saturated heterocycles. The van der Waals surface area contributed by atoms with Crippen LogP contribution >= 0.6 is 46.4 Å². The number of carboxylic acids is 3. The third-order valence-electron chi connectivity index (χ3n) is 21.3.